The predicted molar refractivity (Wildman–Crippen MR) is 49.0 cm³/mol. The molecule has 0 amide bonds. The highest BCUT2D eigenvalue weighted by molar-refractivity contribution is 5.89. The van der Waals surface area contributed by atoms with Crippen molar-refractivity contribution in [1.82, 2.24) is 5.32 Å². The van der Waals surface area contributed by atoms with Crippen LogP contribution in [0.3, 0.4) is 0 Å². The van der Waals surface area contributed by atoms with Crippen molar-refractivity contribution >= 4 is 5.71 Å². The van der Waals surface area contributed by atoms with Gasteiger partial charge in [0.15, 0.2) is 0 Å². The van der Waals surface area contributed by atoms with Crippen LogP contribution in [0.4, 0.5) is 0 Å². The van der Waals surface area contributed by atoms with Crippen molar-refractivity contribution in [3.8, 4) is 0 Å². The van der Waals surface area contributed by atoms with Crippen LogP contribution in [0, 0.1) is 0 Å². The summed E-state index contributed by atoms with van der Waals surface area (Å²) >= 11 is 0. The Balaban J connectivity index is 2.76. The van der Waals surface area contributed by atoms with Gasteiger partial charge in [-0.2, -0.15) is 0 Å². The van der Waals surface area contributed by atoms with Crippen LogP contribution in [-0.4, -0.2) is 17.4 Å². The number of hydrogen-bond acceptors (Lipinski definition) is 2. The smallest absolute Gasteiger partial charge is 0.110 e. The zero-order valence-electron chi connectivity index (χ0n) is 7.94. The van der Waals surface area contributed by atoms with Gasteiger partial charge >= 0.3 is 0 Å². The quantitative estimate of drug-likeness (QED) is 0.646. The number of hydrogen-bond donors (Lipinski definition) is 1. The largest absolute Gasteiger partial charge is 0.285 e. The number of aliphatic imine (C=N–C) groups is 1. The van der Waals surface area contributed by atoms with Crippen LogP contribution in [0.2, 0.25) is 0 Å². The molecule has 2 nitrogen and oxygen atoms in total. The summed E-state index contributed by atoms with van der Waals surface area (Å²) in [5, 5.41) is 3.51. The molecule has 1 unspecified atom stereocenters. The lowest BCUT2D eigenvalue weighted by atomic mass is 10.1. The second-order valence-corrected chi connectivity index (χ2v) is 3.36. The van der Waals surface area contributed by atoms with Gasteiger partial charge in [-0.05, 0) is 26.7 Å². The van der Waals surface area contributed by atoms with E-state index >= 15 is 0 Å². The highest BCUT2D eigenvalue weighted by atomic mass is 15.2. The predicted octanol–water partition coefficient (Wildman–Crippen LogP) is 1.96. The minimum absolute atomic E-state index is 0.0590. The van der Waals surface area contributed by atoms with Crippen molar-refractivity contribution in [2.24, 2.45) is 4.99 Å². The van der Waals surface area contributed by atoms with Crippen LogP contribution in [0.1, 0.15) is 40.5 Å². The molecule has 64 valence electrons. The Labute approximate surface area is 69.1 Å². The topological polar surface area (TPSA) is 24.4 Å². The minimum Gasteiger partial charge on any atom is -0.285 e. The molecule has 0 saturated carbocycles. The summed E-state index contributed by atoms with van der Waals surface area (Å²) in [5.41, 5.74) is 1.30. The van der Waals surface area contributed by atoms with E-state index in [-0.39, 0.29) is 5.66 Å². The summed E-state index contributed by atoms with van der Waals surface area (Å²) in [6.45, 7) is 8.65. The van der Waals surface area contributed by atoms with E-state index in [1.807, 2.05) is 0 Å². The van der Waals surface area contributed by atoms with Crippen LogP contribution in [0.15, 0.2) is 4.99 Å². The lowest BCUT2D eigenvalue weighted by molar-refractivity contribution is 0.332. The van der Waals surface area contributed by atoms with E-state index in [4.69, 9.17) is 0 Å². The first-order valence-electron chi connectivity index (χ1n) is 4.47. The molecule has 11 heavy (non-hydrogen) atoms. The molecular weight excluding hydrogens is 136 g/mol. The van der Waals surface area contributed by atoms with E-state index in [9.17, 15) is 0 Å². The Kier molecular flexibility index (Phi) is 2.33. The highest BCUT2D eigenvalue weighted by Crippen LogP contribution is 2.23. The lowest BCUT2D eigenvalue weighted by Crippen LogP contribution is -2.42. The van der Waals surface area contributed by atoms with Gasteiger partial charge < -0.3 is 0 Å². The first-order valence-corrected chi connectivity index (χ1v) is 4.47. The van der Waals surface area contributed by atoms with Crippen molar-refractivity contribution < 1.29 is 0 Å². The first kappa shape index (κ1) is 8.72. The van der Waals surface area contributed by atoms with Gasteiger partial charge in [0.2, 0.25) is 0 Å². The fourth-order valence-corrected chi connectivity index (χ4v) is 1.59. The van der Waals surface area contributed by atoms with Crippen molar-refractivity contribution in [3.05, 3.63) is 0 Å². The van der Waals surface area contributed by atoms with Gasteiger partial charge in [-0.1, -0.05) is 13.8 Å². The first-order chi connectivity index (χ1) is 5.13. The molecule has 0 aromatic carbocycles. The fourth-order valence-electron chi connectivity index (χ4n) is 1.59. The van der Waals surface area contributed by atoms with Crippen LogP contribution in [0.25, 0.3) is 0 Å². The van der Waals surface area contributed by atoms with Gasteiger partial charge in [-0.25, -0.2) is 0 Å². The normalized spacial score (nSPS) is 28.7. The van der Waals surface area contributed by atoms with Crippen LogP contribution in [-0.2, 0) is 0 Å². The van der Waals surface area contributed by atoms with Gasteiger partial charge in [-0.3, -0.25) is 10.3 Å². The summed E-state index contributed by atoms with van der Waals surface area (Å²) in [5.74, 6) is 0. The Hall–Kier alpha value is -0.370. The molecule has 0 spiro atoms. The SMILES string of the molecule is CCC1(CC)N=C(C)C(C)N1. The molecular formula is C9H18N2. The molecule has 0 aliphatic carbocycles. The number of nitrogens with zero attached hydrogens (tertiary/aromatic N) is 1. The van der Waals surface area contributed by atoms with Gasteiger partial charge in [0.25, 0.3) is 0 Å². The van der Waals surface area contributed by atoms with Crippen LogP contribution in [0.5, 0.6) is 0 Å². The number of rotatable bonds is 2. The summed E-state index contributed by atoms with van der Waals surface area (Å²) < 4.78 is 0. The molecule has 0 saturated heterocycles. The molecule has 0 aromatic heterocycles. The molecule has 1 atom stereocenters. The monoisotopic (exact) mass is 154 g/mol. The molecule has 2 heteroatoms. The van der Waals surface area contributed by atoms with E-state index in [2.05, 4.69) is 38.0 Å². The Morgan fingerprint density at radius 3 is 2.18 bits per heavy atom. The fraction of sp³-hybridized carbons (Fsp3) is 0.889. The van der Waals surface area contributed by atoms with Crippen molar-refractivity contribution in [3.63, 3.8) is 0 Å². The van der Waals surface area contributed by atoms with E-state index in [1.54, 1.807) is 0 Å². The lowest BCUT2D eigenvalue weighted by Gasteiger charge is -2.24. The molecule has 0 fully saturated rings. The molecule has 0 aromatic rings. The third-order valence-corrected chi connectivity index (χ3v) is 2.67. The summed E-state index contributed by atoms with van der Waals surface area (Å²) in [6.07, 6.45) is 2.18. The van der Waals surface area contributed by atoms with E-state index in [1.165, 1.54) is 5.71 Å². The molecule has 1 N–H and O–H groups in total. The summed E-state index contributed by atoms with van der Waals surface area (Å²) in [7, 11) is 0. The zero-order chi connectivity index (χ0) is 8.48. The molecule has 1 aliphatic rings. The molecule has 0 radical (unpaired) electrons. The van der Waals surface area contributed by atoms with Crippen LogP contribution < -0.4 is 5.32 Å². The highest BCUT2D eigenvalue weighted by Gasteiger charge is 2.32. The van der Waals surface area contributed by atoms with Gasteiger partial charge in [0, 0.05) is 11.8 Å². The van der Waals surface area contributed by atoms with Gasteiger partial charge in [0.1, 0.15) is 5.66 Å². The Morgan fingerprint density at radius 1 is 1.45 bits per heavy atom. The van der Waals surface area contributed by atoms with Crippen molar-refractivity contribution in [2.45, 2.75) is 52.2 Å². The van der Waals surface area contributed by atoms with E-state index < -0.39 is 0 Å². The Bertz CT molecular complexity index is 168. The maximum absolute atomic E-state index is 4.64. The summed E-state index contributed by atoms with van der Waals surface area (Å²) in [4.78, 5) is 4.64. The van der Waals surface area contributed by atoms with Crippen molar-refractivity contribution in [1.29, 1.82) is 0 Å². The molecule has 1 rings (SSSR count). The van der Waals surface area contributed by atoms with Crippen molar-refractivity contribution in [2.75, 3.05) is 0 Å². The van der Waals surface area contributed by atoms with Crippen LogP contribution >= 0.6 is 0 Å². The second kappa shape index (κ2) is 2.94. The minimum atomic E-state index is 0.0590. The number of nitrogens with one attached hydrogen (secondary N) is 1. The maximum atomic E-state index is 4.64. The third-order valence-electron chi connectivity index (χ3n) is 2.67. The van der Waals surface area contributed by atoms with E-state index in [0.717, 1.165) is 12.8 Å². The maximum Gasteiger partial charge on any atom is 0.110 e. The van der Waals surface area contributed by atoms with Gasteiger partial charge in [0.05, 0.1) is 0 Å². The summed E-state index contributed by atoms with van der Waals surface area (Å²) in [6, 6.07) is 0.467. The Morgan fingerprint density at radius 2 is 2.00 bits per heavy atom. The molecule has 1 aliphatic heterocycles. The zero-order valence-corrected chi connectivity index (χ0v) is 7.94. The van der Waals surface area contributed by atoms with Gasteiger partial charge in [-0.15, -0.1) is 0 Å². The standard InChI is InChI=1S/C9H18N2/c1-5-9(6-2)10-7(3)8(4)11-9/h7,10H,5-6H2,1-4H3. The molecule has 1 heterocycles. The third kappa shape index (κ3) is 1.45. The average Bonchev–Trinajstić information content (AvgIpc) is 2.29. The van der Waals surface area contributed by atoms with E-state index in [0.29, 0.717) is 6.04 Å². The second-order valence-electron chi connectivity index (χ2n) is 3.36. The molecule has 0 bridgehead atoms. The average molecular weight is 154 g/mol.